The molecule has 1 aromatic rings. The molecule has 4 nitrogen and oxygen atoms in total. The van der Waals surface area contributed by atoms with Crippen LogP contribution in [0.15, 0.2) is 11.6 Å². The molecule has 0 radical (unpaired) electrons. The second-order valence-electron chi connectivity index (χ2n) is 3.11. The molecule has 1 atom stereocenters. The molecular weight excluding hydrogens is 210 g/mol. The van der Waals surface area contributed by atoms with Crippen molar-refractivity contribution in [3.63, 3.8) is 0 Å². The van der Waals surface area contributed by atoms with Gasteiger partial charge in [-0.3, -0.25) is 4.79 Å². The molecule has 1 rings (SSSR count). The van der Waals surface area contributed by atoms with Crippen LogP contribution in [0.1, 0.15) is 24.8 Å². The second-order valence-corrected chi connectivity index (χ2v) is 4.09. The largest absolute Gasteiger partial charge is 0.348 e. The summed E-state index contributed by atoms with van der Waals surface area (Å²) in [5.41, 5.74) is 0. The summed E-state index contributed by atoms with van der Waals surface area (Å²) in [5, 5.41) is 14.2. The molecule has 1 aromatic heterocycles. The van der Waals surface area contributed by atoms with E-state index in [0.717, 1.165) is 11.4 Å². The maximum absolute atomic E-state index is 11.5. The van der Waals surface area contributed by atoms with Crippen molar-refractivity contribution in [2.24, 2.45) is 5.92 Å². The number of hydrogen-bond acceptors (Lipinski definition) is 4. The predicted molar refractivity (Wildman–Crippen MR) is 58.0 cm³/mol. The number of aromatic nitrogens is 1. The lowest BCUT2D eigenvalue weighted by molar-refractivity contribution is -0.123. The van der Waals surface area contributed by atoms with Crippen molar-refractivity contribution in [1.29, 1.82) is 5.26 Å². The van der Waals surface area contributed by atoms with E-state index in [1.165, 1.54) is 11.3 Å². The molecule has 0 spiro atoms. The Hall–Kier alpha value is -1.41. The zero-order chi connectivity index (χ0) is 11.1. The van der Waals surface area contributed by atoms with Crippen LogP contribution in [0.3, 0.4) is 0 Å². The zero-order valence-corrected chi connectivity index (χ0v) is 9.38. The van der Waals surface area contributed by atoms with Gasteiger partial charge in [-0.2, -0.15) is 5.26 Å². The Labute approximate surface area is 92.9 Å². The molecule has 0 aliphatic rings. The summed E-state index contributed by atoms with van der Waals surface area (Å²) < 4.78 is 0. The number of nitriles is 1. The van der Waals surface area contributed by atoms with E-state index >= 15 is 0 Å². The Balaban J connectivity index is 2.38. The van der Waals surface area contributed by atoms with E-state index in [2.05, 4.69) is 10.3 Å². The summed E-state index contributed by atoms with van der Waals surface area (Å²) in [7, 11) is 0. The van der Waals surface area contributed by atoms with Crippen molar-refractivity contribution in [3.05, 3.63) is 16.6 Å². The molecule has 80 valence electrons. The molecule has 1 unspecified atom stereocenters. The number of carbonyl (C=O) groups excluding carboxylic acids is 1. The molecule has 0 saturated carbocycles. The summed E-state index contributed by atoms with van der Waals surface area (Å²) in [4.78, 5) is 15.5. The number of rotatable bonds is 5. The first-order valence-electron chi connectivity index (χ1n) is 4.83. The normalized spacial score (nSPS) is 11.7. The highest BCUT2D eigenvalue weighted by Crippen LogP contribution is 2.07. The molecule has 15 heavy (non-hydrogen) atoms. The minimum atomic E-state index is -0.532. The van der Waals surface area contributed by atoms with Crippen molar-refractivity contribution in [1.82, 2.24) is 10.3 Å². The molecule has 5 heteroatoms. The fraction of sp³-hybridized carbons (Fsp3) is 0.500. The smallest absolute Gasteiger partial charge is 0.237 e. The van der Waals surface area contributed by atoms with Gasteiger partial charge in [0.15, 0.2) is 0 Å². The summed E-state index contributed by atoms with van der Waals surface area (Å²) >= 11 is 1.49. The standard InChI is InChI=1S/C10H13N3OS/c1-2-3-8(6-11)10(14)13-7-9-12-4-5-15-9/h4-5,8H,2-3,7H2,1H3,(H,13,14). The lowest BCUT2D eigenvalue weighted by Crippen LogP contribution is -2.29. The Kier molecular flexibility index (Phi) is 4.78. The minimum Gasteiger partial charge on any atom is -0.348 e. The van der Waals surface area contributed by atoms with Crippen LogP contribution in [-0.2, 0) is 11.3 Å². The van der Waals surface area contributed by atoms with Gasteiger partial charge >= 0.3 is 0 Å². The maximum atomic E-state index is 11.5. The topological polar surface area (TPSA) is 65.8 Å². The summed E-state index contributed by atoms with van der Waals surface area (Å²) in [6, 6.07) is 2.00. The van der Waals surface area contributed by atoms with Gasteiger partial charge in [-0.25, -0.2) is 4.98 Å². The van der Waals surface area contributed by atoms with Crippen molar-refractivity contribution in [3.8, 4) is 6.07 Å². The third kappa shape index (κ3) is 3.68. The Morgan fingerprint density at radius 2 is 2.60 bits per heavy atom. The van der Waals surface area contributed by atoms with Gasteiger partial charge in [0.05, 0.1) is 12.6 Å². The SMILES string of the molecule is CCCC(C#N)C(=O)NCc1nccs1. The lowest BCUT2D eigenvalue weighted by atomic mass is 10.1. The first-order chi connectivity index (χ1) is 7.27. The Morgan fingerprint density at radius 3 is 3.13 bits per heavy atom. The molecule has 0 fully saturated rings. The van der Waals surface area contributed by atoms with Gasteiger partial charge in [0.25, 0.3) is 0 Å². The highest BCUT2D eigenvalue weighted by atomic mass is 32.1. The maximum Gasteiger partial charge on any atom is 0.237 e. The fourth-order valence-corrected chi connectivity index (χ4v) is 1.73. The molecule has 0 aromatic carbocycles. The van der Waals surface area contributed by atoms with E-state index in [1.54, 1.807) is 6.20 Å². The number of amides is 1. The van der Waals surface area contributed by atoms with Crippen molar-refractivity contribution >= 4 is 17.2 Å². The fourth-order valence-electron chi connectivity index (χ4n) is 1.17. The molecule has 1 heterocycles. The quantitative estimate of drug-likeness (QED) is 0.826. The average molecular weight is 223 g/mol. The van der Waals surface area contributed by atoms with Crippen LogP contribution in [0, 0.1) is 17.2 Å². The van der Waals surface area contributed by atoms with E-state index in [9.17, 15) is 4.79 Å². The van der Waals surface area contributed by atoms with Gasteiger partial charge in [0.2, 0.25) is 5.91 Å². The van der Waals surface area contributed by atoms with Crippen LogP contribution in [0.25, 0.3) is 0 Å². The van der Waals surface area contributed by atoms with Crippen LogP contribution in [0.5, 0.6) is 0 Å². The number of carbonyl (C=O) groups is 1. The van der Waals surface area contributed by atoms with Crippen LogP contribution in [0.2, 0.25) is 0 Å². The zero-order valence-electron chi connectivity index (χ0n) is 8.56. The van der Waals surface area contributed by atoms with Crippen molar-refractivity contribution in [2.45, 2.75) is 26.3 Å². The van der Waals surface area contributed by atoms with E-state index in [1.807, 2.05) is 18.4 Å². The molecule has 0 aliphatic heterocycles. The average Bonchev–Trinajstić information content (AvgIpc) is 2.75. The number of hydrogen-bond donors (Lipinski definition) is 1. The predicted octanol–water partition coefficient (Wildman–Crippen LogP) is 1.70. The Morgan fingerprint density at radius 1 is 1.80 bits per heavy atom. The van der Waals surface area contributed by atoms with Crippen LogP contribution in [-0.4, -0.2) is 10.9 Å². The molecular formula is C10H13N3OS. The van der Waals surface area contributed by atoms with Gasteiger partial charge in [-0.05, 0) is 6.42 Å². The monoisotopic (exact) mass is 223 g/mol. The van der Waals surface area contributed by atoms with Crippen molar-refractivity contribution in [2.75, 3.05) is 0 Å². The second kappa shape index (κ2) is 6.14. The van der Waals surface area contributed by atoms with E-state index in [-0.39, 0.29) is 5.91 Å². The van der Waals surface area contributed by atoms with Gasteiger partial charge in [0, 0.05) is 11.6 Å². The van der Waals surface area contributed by atoms with Gasteiger partial charge in [-0.15, -0.1) is 11.3 Å². The summed E-state index contributed by atoms with van der Waals surface area (Å²) in [6.45, 7) is 2.37. The summed E-state index contributed by atoms with van der Waals surface area (Å²) in [6.07, 6.45) is 3.14. The number of nitrogens with one attached hydrogen (secondary N) is 1. The minimum absolute atomic E-state index is 0.199. The molecule has 0 saturated heterocycles. The Bertz CT molecular complexity index is 342. The van der Waals surface area contributed by atoms with E-state index in [4.69, 9.17) is 5.26 Å². The lowest BCUT2D eigenvalue weighted by Gasteiger charge is -2.07. The number of nitrogens with zero attached hydrogens (tertiary/aromatic N) is 2. The highest BCUT2D eigenvalue weighted by molar-refractivity contribution is 7.09. The van der Waals surface area contributed by atoms with Crippen LogP contribution < -0.4 is 5.32 Å². The van der Waals surface area contributed by atoms with E-state index < -0.39 is 5.92 Å². The summed E-state index contributed by atoms with van der Waals surface area (Å²) in [5.74, 6) is -0.732. The first-order valence-corrected chi connectivity index (χ1v) is 5.71. The third-order valence-corrected chi connectivity index (χ3v) is 2.73. The van der Waals surface area contributed by atoms with Crippen LogP contribution >= 0.6 is 11.3 Å². The molecule has 1 amide bonds. The molecule has 0 aliphatic carbocycles. The number of thiazole rings is 1. The van der Waals surface area contributed by atoms with Gasteiger partial charge < -0.3 is 5.32 Å². The van der Waals surface area contributed by atoms with Crippen LogP contribution in [0.4, 0.5) is 0 Å². The first kappa shape index (κ1) is 11.7. The van der Waals surface area contributed by atoms with Gasteiger partial charge in [-0.1, -0.05) is 13.3 Å². The van der Waals surface area contributed by atoms with E-state index in [0.29, 0.717) is 13.0 Å². The molecule has 0 bridgehead atoms. The highest BCUT2D eigenvalue weighted by Gasteiger charge is 2.16. The van der Waals surface area contributed by atoms with Crippen molar-refractivity contribution < 1.29 is 4.79 Å². The van der Waals surface area contributed by atoms with Gasteiger partial charge in [0.1, 0.15) is 10.9 Å². The third-order valence-electron chi connectivity index (χ3n) is 1.95. The molecule has 1 N–H and O–H groups in total.